The molecule has 0 fully saturated rings. The number of imide groups is 1. The third-order valence-corrected chi connectivity index (χ3v) is 4.88. The molecule has 8 heteroatoms. The Balaban J connectivity index is 2.97. The predicted molar refractivity (Wildman–Crippen MR) is 114 cm³/mol. The maximum absolute atomic E-state index is 12.8. The van der Waals surface area contributed by atoms with Gasteiger partial charge >= 0.3 is 5.97 Å². The van der Waals surface area contributed by atoms with E-state index < -0.39 is 23.8 Å². The molecule has 0 aliphatic heterocycles. The molecule has 0 aliphatic rings. The lowest BCUT2D eigenvalue weighted by molar-refractivity contribution is -0.141. The van der Waals surface area contributed by atoms with Gasteiger partial charge < -0.3 is 15.7 Å². The molecule has 1 aromatic rings. The smallest absolute Gasteiger partial charge is 0.306 e. The molecule has 0 saturated carbocycles. The van der Waals surface area contributed by atoms with Crippen LogP contribution in [-0.4, -0.2) is 64.8 Å². The minimum atomic E-state index is -0.981. The average Bonchev–Trinajstić information content (AvgIpc) is 2.70. The van der Waals surface area contributed by atoms with Gasteiger partial charge in [-0.25, -0.2) is 0 Å². The van der Waals surface area contributed by atoms with Gasteiger partial charge in [-0.1, -0.05) is 20.8 Å². The van der Waals surface area contributed by atoms with Gasteiger partial charge in [0.05, 0.1) is 5.92 Å². The van der Waals surface area contributed by atoms with Crippen LogP contribution in [0.5, 0.6) is 0 Å². The number of amides is 3. The Morgan fingerprint density at radius 3 is 2.20 bits per heavy atom. The molecule has 1 aromatic carbocycles. The van der Waals surface area contributed by atoms with Crippen LogP contribution in [0.25, 0.3) is 0 Å². The lowest BCUT2D eigenvalue weighted by Crippen LogP contribution is -2.42. The second-order valence-electron chi connectivity index (χ2n) is 7.62. The van der Waals surface area contributed by atoms with Crippen LogP contribution in [0.4, 0.5) is 0 Å². The van der Waals surface area contributed by atoms with Gasteiger partial charge in [0.1, 0.15) is 0 Å². The average molecular weight is 420 g/mol. The van der Waals surface area contributed by atoms with Gasteiger partial charge in [-0.15, -0.1) is 0 Å². The molecule has 0 bridgehead atoms. The molecule has 0 aliphatic carbocycles. The molecular weight excluding hydrogens is 386 g/mol. The van der Waals surface area contributed by atoms with Crippen LogP contribution in [0.2, 0.25) is 0 Å². The maximum Gasteiger partial charge on any atom is 0.306 e. The van der Waals surface area contributed by atoms with E-state index in [4.69, 9.17) is 10.8 Å². The summed E-state index contributed by atoms with van der Waals surface area (Å²) in [5.41, 5.74) is 7.31. The minimum Gasteiger partial charge on any atom is -0.481 e. The van der Waals surface area contributed by atoms with Gasteiger partial charge in [0.25, 0.3) is 11.8 Å². The molecule has 166 valence electrons. The van der Waals surface area contributed by atoms with Gasteiger partial charge in [-0.05, 0) is 49.9 Å². The second-order valence-corrected chi connectivity index (χ2v) is 7.62. The largest absolute Gasteiger partial charge is 0.481 e. The highest BCUT2D eigenvalue weighted by Gasteiger charge is 2.23. The number of carbonyl (C=O) groups excluding carboxylic acids is 3. The molecule has 0 radical (unpaired) electrons. The Morgan fingerprint density at radius 2 is 1.73 bits per heavy atom. The molecule has 1 rings (SSSR count). The molecular formula is C22H33N3O5. The Bertz CT molecular complexity index is 759. The van der Waals surface area contributed by atoms with Crippen molar-refractivity contribution in [1.82, 2.24) is 9.80 Å². The van der Waals surface area contributed by atoms with Crippen LogP contribution in [0, 0.1) is 12.8 Å². The normalized spacial score (nSPS) is 12.7. The highest BCUT2D eigenvalue weighted by molar-refractivity contribution is 6.02. The number of hydrogen-bond acceptors (Lipinski definition) is 5. The number of nitrogens with two attached hydrogens (primary N) is 1. The fourth-order valence-electron chi connectivity index (χ4n) is 3.28. The first-order valence-corrected chi connectivity index (χ1v) is 10.3. The van der Waals surface area contributed by atoms with Gasteiger partial charge in [-0.2, -0.15) is 0 Å². The van der Waals surface area contributed by atoms with Gasteiger partial charge in [-0.3, -0.25) is 24.1 Å². The van der Waals surface area contributed by atoms with Crippen molar-refractivity contribution in [3.05, 3.63) is 34.9 Å². The van der Waals surface area contributed by atoms with Crippen molar-refractivity contribution in [2.24, 2.45) is 11.7 Å². The molecule has 30 heavy (non-hydrogen) atoms. The van der Waals surface area contributed by atoms with Crippen molar-refractivity contribution in [3.8, 4) is 0 Å². The Labute approximate surface area is 178 Å². The van der Waals surface area contributed by atoms with Crippen molar-refractivity contribution < 1.29 is 24.3 Å². The highest BCUT2D eigenvalue weighted by atomic mass is 16.4. The third-order valence-electron chi connectivity index (χ3n) is 4.88. The van der Waals surface area contributed by atoms with Crippen LogP contribution in [0.15, 0.2) is 18.2 Å². The number of rotatable bonds is 12. The highest BCUT2D eigenvalue weighted by Crippen LogP contribution is 2.16. The van der Waals surface area contributed by atoms with Gasteiger partial charge in [0, 0.05) is 36.8 Å². The lowest BCUT2D eigenvalue weighted by Gasteiger charge is -2.23. The fraction of sp³-hybridized carbons (Fsp3) is 0.545. The summed E-state index contributed by atoms with van der Waals surface area (Å²) >= 11 is 0. The van der Waals surface area contributed by atoms with Crippen LogP contribution in [0.3, 0.4) is 0 Å². The number of carbonyl (C=O) groups is 4. The van der Waals surface area contributed by atoms with Crippen molar-refractivity contribution in [2.45, 2.75) is 53.0 Å². The molecule has 0 heterocycles. The quantitative estimate of drug-likeness (QED) is 0.502. The summed E-state index contributed by atoms with van der Waals surface area (Å²) in [4.78, 5) is 50.7. The van der Waals surface area contributed by atoms with Crippen LogP contribution in [0.1, 0.15) is 66.3 Å². The molecule has 2 unspecified atom stereocenters. The summed E-state index contributed by atoms with van der Waals surface area (Å²) in [7, 11) is 0. The summed E-state index contributed by atoms with van der Waals surface area (Å²) in [6.07, 6.45) is 2.26. The third kappa shape index (κ3) is 6.95. The van der Waals surface area contributed by atoms with E-state index in [-0.39, 0.29) is 18.9 Å². The van der Waals surface area contributed by atoms with E-state index in [1.807, 2.05) is 13.8 Å². The monoisotopic (exact) mass is 419 g/mol. The minimum absolute atomic E-state index is 0.0825. The molecule has 8 nitrogen and oxygen atoms in total. The number of aliphatic carboxylic acids is 1. The van der Waals surface area contributed by atoms with Crippen molar-refractivity contribution in [3.63, 3.8) is 0 Å². The van der Waals surface area contributed by atoms with E-state index in [2.05, 4.69) is 0 Å². The molecule has 0 spiro atoms. The van der Waals surface area contributed by atoms with E-state index in [0.29, 0.717) is 36.2 Å². The summed E-state index contributed by atoms with van der Waals surface area (Å²) in [6.45, 7) is 8.51. The number of carboxylic acid groups (broad SMARTS) is 1. The topological polar surface area (TPSA) is 121 Å². The van der Waals surface area contributed by atoms with E-state index in [1.165, 1.54) is 6.92 Å². The predicted octanol–water partition coefficient (Wildman–Crippen LogP) is 2.29. The van der Waals surface area contributed by atoms with Crippen LogP contribution in [-0.2, 0) is 9.59 Å². The number of nitrogens with zero attached hydrogens (tertiary/aromatic N) is 2. The van der Waals surface area contributed by atoms with Crippen molar-refractivity contribution in [2.75, 3.05) is 19.6 Å². The zero-order valence-electron chi connectivity index (χ0n) is 18.3. The molecule has 3 amide bonds. The van der Waals surface area contributed by atoms with Crippen molar-refractivity contribution in [1.29, 1.82) is 0 Å². The first-order chi connectivity index (χ1) is 14.2. The molecule has 0 saturated heterocycles. The number of carboxylic acids is 1. The SMILES string of the molecule is CCCN(CCC)C(=O)c1ccc(C(=O)N(C=O)CC(N)CC(C)C(=O)O)c(C)c1. The van der Waals surface area contributed by atoms with Gasteiger partial charge in [0.2, 0.25) is 6.41 Å². The summed E-state index contributed by atoms with van der Waals surface area (Å²) < 4.78 is 0. The lowest BCUT2D eigenvalue weighted by atomic mass is 10.0. The maximum atomic E-state index is 12.8. The van der Waals surface area contributed by atoms with Gasteiger partial charge in [0.15, 0.2) is 0 Å². The Morgan fingerprint density at radius 1 is 1.13 bits per heavy atom. The van der Waals surface area contributed by atoms with Crippen molar-refractivity contribution >= 4 is 24.2 Å². The zero-order chi connectivity index (χ0) is 22.8. The van der Waals surface area contributed by atoms with E-state index in [0.717, 1.165) is 17.7 Å². The summed E-state index contributed by atoms with van der Waals surface area (Å²) in [5.74, 6) is -2.27. The van der Waals surface area contributed by atoms with Crippen LogP contribution < -0.4 is 5.73 Å². The van der Waals surface area contributed by atoms with E-state index in [1.54, 1.807) is 30.0 Å². The van der Waals surface area contributed by atoms with E-state index >= 15 is 0 Å². The Hall–Kier alpha value is -2.74. The molecule has 0 aromatic heterocycles. The fourth-order valence-corrected chi connectivity index (χ4v) is 3.28. The number of hydrogen-bond donors (Lipinski definition) is 2. The Kier molecular flexibility index (Phi) is 10.2. The molecule has 2 atom stereocenters. The summed E-state index contributed by atoms with van der Waals surface area (Å²) in [6, 6.07) is 4.14. The molecule has 3 N–H and O–H groups in total. The number of aryl methyl sites for hydroxylation is 1. The number of benzene rings is 1. The zero-order valence-corrected chi connectivity index (χ0v) is 18.3. The summed E-state index contributed by atoms with van der Waals surface area (Å²) in [5, 5.41) is 8.99. The van der Waals surface area contributed by atoms with E-state index in [9.17, 15) is 19.2 Å². The van der Waals surface area contributed by atoms with Crippen LogP contribution >= 0.6 is 0 Å². The standard InChI is InChI=1S/C22H33N3O5/c1-5-9-24(10-6-2)20(27)17-7-8-19(15(3)11-17)21(28)25(14-26)13-18(23)12-16(4)22(29)30/h7-8,11,14,16,18H,5-6,9-10,12-13,23H2,1-4H3,(H,29,30). The second kappa shape index (κ2) is 12.1. The first kappa shape index (κ1) is 25.3. The first-order valence-electron chi connectivity index (χ1n) is 10.3.